The molecule has 0 fully saturated rings. The van der Waals surface area contributed by atoms with Gasteiger partial charge in [-0.15, -0.1) is 5.10 Å². The average Bonchev–Trinajstić information content (AvgIpc) is 3.34. The highest BCUT2D eigenvalue weighted by atomic mass is 16.5. The molecule has 0 spiro atoms. The molecule has 40 heavy (non-hydrogen) atoms. The molecule has 1 atom stereocenters. The Bertz CT molecular complexity index is 1510. The van der Waals surface area contributed by atoms with Gasteiger partial charge in [0.05, 0.1) is 12.6 Å². The van der Waals surface area contributed by atoms with Gasteiger partial charge < -0.3 is 15.4 Å². The van der Waals surface area contributed by atoms with E-state index >= 15 is 0 Å². The third-order valence-electron chi connectivity index (χ3n) is 6.70. The number of anilines is 2. The summed E-state index contributed by atoms with van der Waals surface area (Å²) < 4.78 is 6.96. The van der Waals surface area contributed by atoms with E-state index in [4.69, 9.17) is 4.74 Å². The lowest BCUT2D eigenvalue weighted by Gasteiger charge is -2.34. The van der Waals surface area contributed by atoms with Crippen LogP contribution in [-0.2, 0) is 20.9 Å². The third-order valence-corrected chi connectivity index (χ3v) is 6.70. The van der Waals surface area contributed by atoms with Crippen molar-refractivity contribution in [3.05, 3.63) is 78.4 Å². The fraction of sp³-hybridized carbons (Fsp3) is 0.300. The number of nitrogens with one attached hydrogen (secondary N) is 2. The van der Waals surface area contributed by atoms with E-state index in [0.717, 1.165) is 0 Å². The molecular formula is C30H34N6O4. The van der Waals surface area contributed by atoms with E-state index in [-0.39, 0.29) is 24.3 Å². The topological polar surface area (TPSA) is 118 Å². The number of carbonyl (C=O) groups is 3. The monoisotopic (exact) mass is 542 g/mol. The van der Waals surface area contributed by atoms with Gasteiger partial charge in [0.2, 0.25) is 17.7 Å². The zero-order chi connectivity index (χ0) is 28.9. The number of methoxy groups -OCH3 is 1. The second-order valence-corrected chi connectivity index (χ2v) is 10.1. The molecule has 2 N–H and O–H groups in total. The summed E-state index contributed by atoms with van der Waals surface area (Å²) in [7, 11) is 1.55. The summed E-state index contributed by atoms with van der Waals surface area (Å²) in [6.45, 7) is 7.12. The van der Waals surface area contributed by atoms with Crippen molar-refractivity contribution >= 4 is 40.1 Å². The number of ether oxygens (including phenoxy) is 1. The number of hydrogen-bond acceptors (Lipinski definition) is 6. The molecule has 0 aliphatic rings. The second-order valence-electron chi connectivity index (χ2n) is 10.1. The van der Waals surface area contributed by atoms with Crippen molar-refractivity contribution in [1.29, 1.82) is 0 Å². The first-order valence-corrected chi connectivity index (χ1v) is 13.1. The Hall–Kier alpha value is -4.73. The van der Waals surface area contributed by atoms with E-state index < -0.39 is 11.6 Å². The molecule has 208 valence electrons. The SMILES string of the molecule is CCC(C)(C)NC(=O)C(c1cccc(OC)c1)N(C(=O)Cn1nnc2ccccc21)c1ccc(NC(C)=O)cc1. The van der Waals surface area contributed by atoms with Crippen LogP contribution in [0.4, 0.5) is 11.4 Å². The molecular weight excluding hydrogens is 508 g/mol. The van der Waals surface area contributed by atoms with E-state index in [2.05, 4.69) is 20.9 Å². The van der Waals surface area contributed by atoms with Crippen molar-refractivity contribution in [2.45, 2.75) is 52.2 Å². The lowest BCUT2D eigenvalue weighted by molar-refractivity contribution is -0.128. The molecule has 0 saturated heterocycles. The number of aromatic nitrogens is 3. The molecule has 0 aliphatic carbocycles. The smallest absolute Gasteiger partial charge is 0.249 e. The number of amides is 3. The van der Waals surface area contributed by atoms with E-state index in [1.165, 1.54) is 16.5 Å². The molecule has 1 unspecified atom stereocenters. The number of fused-ring (bicyclic) bond motifs is 1. The molecule has 0 aliphatic heterocycles. The van der Waals surface area contributed by atoms with Crippen LogP contribution >= 0.6 is 0 Å². The number of rotatable bonds is 10. The molecule has 0 radical (unpaired) electrons. The summed E-state index contributed by atoms with van der Waals surface area (Å²) in [5.41, 5.74) is 2.47. The van der Waals surface area contributed by atoms with E-state index in [9.17, 15) is 14.4 Å². The summed E-state index contributed by atoms with van der Waals surface area (Å²) in [4.78, 5) is 41.2. The van der Waals surface area contributed by atoms with Crippen molar-refractivity contribution in [3.8, 4) is 5.75 Å². The molecule has 1 heterocycles. The maximum absolute atomic E-state index is 14.2. The van der Waals surface area contributed by atoms with Gasteiger partial charge in [-0.05, 0) is 74.4 Å². The van der Waals surface area contributed by atoms with Gasteiger partial charge in [-0.3, -0.25) is 19.3 Å². The van der Waals surface area contributed by atoms with Crippen LogP contribution in [0.1, 0.15) is 45.7 Å². The molecule has 10 heteroatoms. The Morgan fingerprint density at radius 2 is 1.75 bits per heavy atom. The zero-order valence-corrected chi connectivity index (χ0v) is 23.3. The van der Waals surface area contributed by atoms with Crippen LogP contribution in [0.2, 0.25) is 0 Å². The fourth-order valence-corrected chi connectivity index (χ4v) is 4.30. The predicted molar refractivity (Wildman–Crippen MR) is 154 cm³/mol. The molecule has 1 aromatic heterocycles. The van der Waals surface area contributed by atoms with Crippen molar-refractivity contribution in [3.63, 3.8) is 0 Å². The molecule has 0 bridgehead atoms. The highest BCUT2D eigenvalue weighted by molar-refractivity contribution is 6.02. The summed E-state index contributed by atoms with van der Waals surface area (Å²) in [6, 6.07) is 20.2. The third kappa shape index (κ3) is 6.45. The first kappa shape index (κ1) is 28.3. The fourth-order valence-electron chi connectivity index (χ4n) is 4.30. The molecule has 0 saturated carbocycles. The van der Waals surface area contributed by atoms with Crippen LogP contribution in [-0.4, -0.2) is 45.4 Å². The largest absolute Gasteiger partial charge is 0.497 e. The van der Waals surface area contributed by atoms with Gasteiger partial charge in [0.25, 0.3) is 0 Å². The molecule has 4 rings (SSSR count). The van der Waals surface area contributed by atoms with Gasteiger partial charge in [-0.25, -0.2) is 4.68 Å². The normalized spacial score (nSPS) is 12.0. The number of hydrogen-bond donors (Lipinski definition) is 2. The molecule has 10 nitrogen and oxygen atoms in total. The maximum Gasteiger partial charge on any atom is 0.249 e. The Morgan fingerprint density at radius 1 is 1.02 bits per heavy atom. The highest BCUT2D eigenvalue weighted by Gasteiger charge is 2.35. The van der Waals surface area contributed by atoms with Crippen LogP contribution in [0.3, 0.4) is 0 Å². The minimum absolute atomic E-state index is 0.154. The first-order valence-electron chi connectivity index (χ1n) is 13.1. The Kier molecular flexibility index (Phi) is 8.47. The van der Waals surface area contributed by atoms with Gasteiger partial charge in [0.15, 0.2) is 0 Å². The van der Waals surface area contributed by atoms with Crippen LogP contribution in [0, 0.1) is 0 Å². The minimum atomic E-state index is -1.03. The quantitative estimate of drug-likeness (QED) is 0.305. The minimum Gasteiger partial charge on any atom is -0.497 e. The lowest BCUT2D eigenvalue weighted by atomic mass is 9.98. The lowest BCUT2D eigenvalue weighted by Crippen LogP contribution is -2.51. The maximum atomic E-state index is 14.2. The van der Waals surface area contributed by atoms with Crippen molar-refractivity contribution < 1.29 is 19.1 Å². The Labute approximate surface area is 233 Å². The highest BCUT2D eigenvalue weighted by Crippen LogP contribution is 2.32. The molecule has 3 aromatic carbocycles. The summed E-state index contributed by atoms with van der Waals surface area (Å²) >= 11 is 0. The van der Waals surface area contributed by atoms with Crippen LogP contribution in [0.15, 0.2) is 72.8 Å². The molecule has 3 amide bonds. The standard InChI is InChI=1S/C30H34N6O4/c1-6-30(3,4)32-29(39)28(21-10-9-11-24(18-21)40-5)36(23-16-14-22(15-17-23)31-20(2)37)27(38)19-35-26-13-8-7-12-25(26)33-34-35/h7-18,28H,6,19H2,1-5H3,(H,31,37)(H,32,39). The zero-order valence-electron chi connectivity index (χ0n) is 23.3. The van der Waals surface area contributed by atoms with Crippen LogP contribution < -0.4 is 20.3 Å². The van der Waals surface area contributed by atoms with Crippen molar-refractivity contribution in [1.82, 2.24) is 20.3 Å². The van der Waals surface area contributed by atoms with Gasteiger partial charge in [0, 0.05) is 23.8 Å². The Balaban J connectivity index is 1.84. The van der Waals surface area contributed by atoms with Gasteiger partial charge in [-0.1, -0.05) is 36.4 Å². The van der Waals surface area contributed by atoms with Gasteiger partial charge >= 0.3 is 0 Å². The van der Waals surface area contributed by atoms with Crippen LogP contribution in [0.5, 0.6) is 5.75 Å². The molecule has 4 aromatic rings. The number of carbonyl (C=O) groups excluding carboxylic acids is 3. The van der Waals surface area contributed by atoms with Crippen LogP contribution in [0.25, 0.3) is 11.0 Å². The van der Waals surface area contributed by atoms with Crippen molar-refractivity contribution in [2.24, 2.45) is 0 Å². The average molecular weight is 543 g/mol. The van der Waals surface area contributed by atoms with E-state index in [1.54, 1.807) is 55.6 Å². The van der Waals surface area contributed by atoms with Gasteiger partial charge in [-0.2, -0.15) is 0 Å². The predicted octanol–water partition coefficient (Wildman–Crippen LogP) is 4.48. The summed E-state index contributed by atoms with van der Waals surface area (Å²) in [6.07, 6.45) is 0.688. The number of para-hydroxylation sites is 1. The van der Waals surface area contributed by atoms with Crippen molar-refractivity contribution in [2.75, 3.05) is 17.3 Å². The first-order chi connectivity index (χ1) is 19.1. The summed E-state index contributed by atoms with van der Waals surface area (Å²) in [5.74, 6) is -0.377. The van der Waals surface area contributed by atoms with Gasteiger partial charge in [0.1, 0.15) is 23.9 Å². The Morgan fingerprint density at radius 3 is 2.42 bits per heavy atom. The number of nitrogens with zero attached hydrogens (tertiary/aromatic N) is 4. The van der Waals surface area contributed by atoms with E-state index in [1.807, 2.05) is 45.0 Å². The second kappa shape index (κ2) is 12.0. The summed E-state index contributed by atoms with van der Waals surface area (Å²) in [5, 5.41) is 14.2. The number of benzene rings is 3. The van der Waals surface area contributed by atoms with E-state index in [0.29, 0.717) is 40.1 Å².